The third-order valence-corrected chi connectivity index (χ3v) is 2.64. The zero-order valence-electron chi connectivity index (χ0n) is 10.7. The van der Waals surface area contributed by atoms with Crippen LogP contribution in [0.25, 0.3) is 0 Å². The Hall–Kier alpha value is -2.89. The van der Waals surface area contributed by atoms with Crippen molar-refractivity contribution in [3.63, 3.8) is 0 Å². The molecule has 0 aliphatic heterocycles. The van der Waals surface area contributed by atoms with E-state index in [2.05, 4.69) is 4.98 Å². The first kappa shape index (κ1) is 13.5. The maximum atomic E-state index is 11.3. The Morgan fingerprint density at radius 3 is 2.60 bits per heavy atom. The zero-order valence-corrected chi connectivity index (χ0v) is 10.7. The van der Waals surface area contributed by atoms with Gasteiger partial charge >= 0.3 is 5.97 Å². The number of benzene rings is 1. The van der Waals surface area contributed by atoms with Crippen molar-refractivity contribution in [3.05, 3.63) is 53.2 Å². The highest BCUT2D eigenvalue weighted by atomic mass is 16.5. The van der Waals surface area contributed by atoms with E-state index in [4.69, 9.17) is 15.6 Å². The summed E-state index contributed by atoms with van der Waals surface area (Å²) >= 11 is 0. The normalized spacial score (nSPS) is 10.1. The molecular weight excluding hydrogens is 260 g/mol. The van der Waals surface area contributed by atoms with E-state index in [0.29, 0.717) is 5.56 Å². The summed E-state index contributed by atoms with van der Waals surface area (Å²) in [5.74, 6) is -1.17. The molecular formula is C14H12N2O4. The van der Waals surface area contributed by atoms with Gasteiger partial charge in [0.25, 0.3) is 5.91 Å². The molecule has 0 spiro atoms. The van der Waals surface area contributed by atoms with E-state index < -0.39 is 11.9 Å². The van der Waals surface area contributed by atoms with Gasteiger partial charge in [-0.3, -0.25) is 4.79 Å². The van der Waals surface area contributed by atoms with Gasteiger partial charge in [0.2, 0.25) is 5.88 Å². The Labute approximate surface area is 114 Å². The van der Waals surface area contributed by atoms with Gasteiger partial charge < -0.3 is 15.6 Å². The van der Waals surface area contributed by atoms with Gasteiger partial charge in [-0.2, -0.15) is 0 Å². The van der Waals surface area contributed by atoms with Gasteiger partial charge in [-0.15, -0.1) is 0 Å². The van der Waals surface area contributed by atoms with Crippen molar-refractivity contribution in [3.8, 4) is 11.6 Å². The highest BCUT2D eigenvalue weighted by Gasteiger charge is 2.13. The summed E-state index contributed by atoms with van der Waals surface area (Å²) in [6.45, 7) is 1.67. The smallest absolute Gasteiger partial charge is 0.337 e. The van der Waals surface area contributed by atoms with E-state index in [1.807, 2.05) is 0 Å². The number of pyridine rings is 1. The number of carboxylic acids is 1. The fourth-order valence-corrected chi connectivity index (χ4v) is 1.65. The number of para-hydroxylation sites is 1. The number of aryl methyl sites for hydroxylation is 1. The molecule has 1 amide bonds. The summed E-state index contributed by atoms with van der Waals surface area (Å²) in [7, 11) is 0. The van der Waals surface area contributed by atoms with Crippen LogP contribution in [0.1, 0.15) is 26.3 Å². The van der Waals surface area contributed by atoms with Crippen molar-refractivity contribution >= 4 is 11.9 Å². The molecule has 0 bridgehead atoms. The van der Waals surface area contributed by atoms with E-state index in [9.17, 15) is 9.59 Å². The Bertz CT molecular complexity index is 683. The molecule has 2 aromatic rings. The summed E-state index contributed by atoms with van der Waals surface area (Å²) in [5, 5.41) is 8.86. The number of hydrogen-bond donors (Lipinski definition) is 2. The van der Waals surface area contributed by atoms with E-state index in [-0.39, 0.29) is 22.8 Å². The second kappa shape index (κ2) is 5.40. The van der Waals surface area contributed by atoms with Crippen LogP contribution in [0.5, 0.6) is 11.6 Å². The number of amides is 1. The van der Waals surface area contributed by atoms with E-state index in [0.717, 1.165) is 0 Å². The van der Waals surface area contributed by atoms with Crippen molar-refractivity contribution in [2.45, 2.75) is 6.92 Å². The molecule has 1 heterocycles. The lowest BCUT2D eigenvalue weighted by Crippen LogP contribution is -2.12. The Kier molecular flexibility index (Phi) is 3.65. The molecule has 0 fully saturated rings. The molecule has 3 N–H and O–H groups in total. The van der Waals surface area contributed by atoms with Crippen molar-refractivity contribution in [1.82, 2.24) is 4.98 Å². The Balaban J connectivity index is 2.36. The summed E-state index contributed by atoms with van der Waals surface area (Å²) in [4.78, 5) is 26.0. The van der Waals surface area contributed by atoms with Crippen LogP contribution in [0.3, 0.4) is 0 Å². The third-order valence-electron chi connectivity index (χ3n) is 2.64. The molecule has 1 aromatic heterocycles. The second-order valence-corrected chi connectivity index (χ2v) is 4.11. The quantitative estimate of drug-likeness (QED) is 0.885. The van der Waals surface area contributed by atoms with Crippen LogP contribution in [0.15, 0.2) is 36.5 Å². The number of primary amides is 1. The molecule has 0 aliphatic rings. The minimum absolute atomic E-state index is 0.0676. The summed E-state index contributed by atoms with van der Waals surface area (Å²) in [5.41, 5.74) is 6.10. The Morgan fingerprint density at radius 1 is 1.30 bits per heavy atom. The van der Waals surface area contributed by atoms with Gasteiger partial charge in [0.1, 0.15) is 5.75 Å². The maximum absolute atomic E-state index is 11.3. The number of rotatable bonds is 4. The SMILES string of the molecule is Cc1cc(C(=O)O)cnc1Oc1ccccc1C(N)=O. The monoisotopic (exact) mass is 272 g/mol. The number of carbonyl (C=O) groups excluding carboxylic acids is 1. The van der Waals surface area contributed by atoms with Crippen LogP contribution < -0.4 is 10.5 Å². The molecule has 0 saturated heterocycles. The molecule has 0 unspecified atom stereocenters. The van der Waals surface area contributed by atoms with E-state index >= 15 is 0 Å². The molecule has 0 saturated carbocycles. The van der Waals surface area contributed by atoms with Crippen LogP contribution in [-0.2, 0) is 0 Å². The van der Waals surface area contributed by atoms with Crippen molar-refractivity contribution in [2.75, 3.05) is 0 Å². The number of carbonyl (C=O) groups is 2. The maximum Gasteiger partial charge on any atom is 0.337 e. The summed E-state index contributed by atoms with van der Waals surface area (Å²) in [6, 6.07) is 7.94. The minimum Gasteiger partial charge on any atom is -0.478 e. The predicted molar refractivity (Wildman–Crippen MR) is 71.0 cm³/mol. The number of hydrogen-bond acceptors (Lipinski definition) is 4. The Morgan fingerprint density at radius 2 is 2.00 bits per heavy atom. The van der Waals surface area contributed by atoms with Gasteiger partial charge in [0.15, 0.2) is 0 Å². The summed E-state index contributed by atoms with van der Waals surface area (Å²) < 4.78 is 5.53. The standard InChI is InChI=1S/C14H12N2O4/c1-8-6-9(14(18)19)7-16-13(8)20-11-5-3-2-4-10(11)12(15)17/h2-7H,1H3,(H2,15,17)(H,18,19). The molecule has 1 aromatic carbocycles. The zero-order chi connectivity index (χ0) is 14.7. The van der Waals surface area contributed by atoms with E-state index in [1.54, 1.807) is 31.2 Å². The number of nitrogens with two attached hydrogens (primary N) is 1. The van der Waals surface area contributed by atoms with Gasteiger partial charge in [0, 0.05) is 11.8 Å². The molecule has 0 atom stereocenters. The van der Waals surface area contributed by atoms with E-state index in [1.165, 1.54) is 12.3 Å². The molecule has 6 heteroatoms. The largest absolute Gasteiger partial charge is 0.478 e. The van der Waals surface area contributed by atoms with Crippen molar-refractivity contribution < 1.29 is 19.4 Å². The molecule has 20 heavy (non-hydrogen) atoms. The first-order chi connectivity index (χ1) is 9.49. The van der Waals surface area contributed by atoms with Gasteiger partial charge in [0.05, 0.1) is 11.1 Å². The second-order valence-electron chi connectivity index (χ2n) is 4.11. The fourth-order valence-electron chi connectivity index (χ4n) is 1.65. The summed E-state index contributed by atoms with van der Waals surface area (Å²) in [6.07, 6.45) is 1.19. The van der Waals surface area contributed by atoms with Crippen molar-refractivity contribution in [2.24, 2.45) is 5.73 Å². The number of carboxylic acid groups (broad SMARTS) is 1. The number of aromatic carboxylic acids is 1. The molecule has 0 radical (unpaired) electrons. The van der Waals surface area contributed by atoms with Crippen LogP contribution in [0.2, 0.25) is 0 Å². The lowest BCUT2D eigenvalue weighted by molar-refractivity contribution is 0.0696. The predicted octanol–water partition coefficient (Wildman–Crippen LogP) is 1.98. The molecule has 2 rings (SSSR count). The van der Waals surface area contributed by atoms with Crippen LogP contribution in [-0.4, -0.2) is 22.0 Å². The van der Waals surface area contributed by atoms with Crippen LogP contribution >= 0.6 is 0 Å². The number of nitrogens with zero attached hydrogens (tertiary/aromatic N) is 1. The molecule has 102 valence electrons. The average molecular weight is 272 g/mol. The minimum atomic E-state index is -1.07. The first-order valence-electron chi connectivity index (χ1n) is 5.75. The highest BCUT2D eigenvalue weighted by molar-refractivity contribution is 5.95. The van der Waals surface area contributed by atoms with Crippen LogP contribution in [0, 0.1) is 6.92 Å². The number of aromatic nitrogens is 1. The molecule has 0 aliphatic carbocycles. The van der Waals surface area contributed by atoms with Gasteiger partial charge in [-0.05, 0) is 25.1 Å². The topological polar surface area (TPSA) is 103 Å². The lowest BCUT2D eigenvalue weighted by Gasteiger charge is -2.10. The number of ether oxygens (including phenoxy) is 1. The average Bonchev–Trinajstić information content (AvgIpc) is 2.41. The first-order valence-corrected chi connectivity index (χ1v) is 5.75. The van der Waals surface area contributed by atoms with Gasteiger partial charge in [-0.1, -0.05) is 12.1 Å². The fraction of sp³-hybridized carbons (Fsp3) is 0.0714. The van der Waals surface area contributed by atoms with Crippen LogP contribution in [0.4, 0.5) is 0 Å². The highest BCUT2D eigenvalue weighted by Crippen LogP contribution is 2.26. The molecule has 6 nitrogen and oxygen atoms in total. The van der Waals surface area contributed by atoms with Gasteiger partial charge in [-0.25, -0.2) is 9.78 Å². The third kappa shape index (κ3) is 2.74. The lowest BCUT2D eigenvalue weighted by atomic mass is 10.2. The van der Waals surface area contributed by atoms with Crippen molar-refractivity contribution in [1.29, 1.82) is 0 Å².